The van der Waals surface area contributed by atoms with Crippen LogP contribution in [-0.4, -0.2) is 105 Å². The number of rotatable bonds is 6. The lowest BCUT2D eigenvalue weighted by Gasteiger charge is -2.37. The maximum Gasteiger partial charge on any atom is 0.334 e. The van der Waals surface area contributed by atoms with Crippen molar-refractivity contribution < 1.29 is 27.2 Å². The average Bonchev–Trinajstić information content (AvgIpc) is 3.39. The van der Waals surface area contributed by atoms with E-state index in [4.69, 9.17) is 9.15 Å². The lowest BCUT2D eigenvalue weighted by molar-refractivity contribution is 0.0362. The molecule has 2 fully saturated rings. The fraction of sp³-hybridized carbons (Fsp3) is 0.478. The Morgan fingerprint density at radius 2 is 1.59 bits per heavy atom. The zero-order chi connectivity index (χ0) is 24.1. The summed E-state index contributed by atoms with van der Waals surface area (Å²) < 4.78 is 38.5. The quantitative estimate of drug-likeness (QED) is 0.604. The third-order valence-electron chi connectivity index (χ3n) is 6.11. The predicted molar refractivity (Wildman–Crippen MR) is 124 cm³/mol. The van der Waals surface area contributed by atoms with Crippen molar-refractivity contribution in [2.24, 2.45) is 0 Å². The minimum absolute atomic E-state index is 0.0422. The molecule has 0 unspecified atom stereocenters. The molecule has 3 heterocycles. The van der Waals surface area contributed by atoms with Gasteiger partial charge in [0.25, 0.3) is 15.9 Å². The third-order valence-corrected chi connectivity index (χ3v) is 7.90. The van der Waals surface area contributed by atoms with E-state index in [1.54, 1.807) is 29.2 Å². The van der Waals surface area contributed by atoms with Gasteiger partial charge in [0.2, 0.25) is 0 Å². The lowest BCUT2D eigenvalue weighted by Crippen LogP contribution is -2.56. The Balaban J connectivity index is 1.48. The van der Waals surface area contributed by atoms with Gasteiger partial charge in [0.1, 0.15) is 0 Å². The maximum absolute atomic E-state index is 13.5. The summed E-state index contributed by atoms with van der Waals surface area (Å²) in [5.74, 6) is 0.00223. The summed E-state index contributed by atoms with van der Waals surface area (Å²) in [6.07, 6.45) is 1.44. The molecule has 1 aromatic carbocycles. The number of ether oxygens (including phenoxy) is 1. The topological polar surface area (TPSA) is 104 Å². The standard InChI is InChI=1S/C23H30N4O6S/c1-19-4-6-20(7-5-19)34(30,31)27(13-8-24-14-17-32-18-15-24)23(29)26-11-9-25(10-12-26)22(28)21-3-2-16-33-21/h2-7,16H,8-15,17-18H2,1H3. The molecule has 4 rings (SSSR count). The number of sulfonamides is 1. The number of hydrogen-bond acceptors (Lipinski definition) is 7. The molecule has 1 aromatic heterocycles. The summed E-state index contributed by atoms with van der Waals surface area (Å²) in [6, 6.07) is 9.17. The predicted octanol–water partition coefficient (Wildman–Crippen LogP) is 1.49. The highest BCUT2D eigenvalue weighted by Crippen LogP contribution is 2.20. The Morgan fingerprint density at radius 1 is 0.941 bits per heavy atom. The lowest BCUT2D eigenvalue weighted by atomic mass is 10.2. The molecular weight excluding hydrogens is 460 g/mol. The molecule has 0 N–H and O–H groups in total. The maximum atomic E-state index is 13.5. The molecule has 0 bridgehead atoms. The summed E-state index contributed by atoms with van der Waals surface area (Å²) in [5, 5.41) is 0. The molecule has 10 nitrogen and oxygen atoms in total. The van der Waals surface area contributed by atoms with E-state index in [0.717, 1.165) is 9.87 Å². The number of furan rings is 1. The fourth-order valence-corrected chi connectivity index (χ4v) is 5.41. The summed E-state index contributed by atoms with van der Waals surface area (Å²) in [5.41, 5.74) is 0.933. The fourth-order valence-electron chi connectivity index (χ4n) is 4.03. The summed E-state index contributed by atoms with van der Waals surface area (Å²) in [6.45, 7) is 5.99. The molecule has 0 saturated carbocycles. The summed E-state index contributed by atoms with van der Waals surface area (Å²) in [4.78, 5) is 31.3. The minimum atomic E-state index is -4.04. The van der Waals surface area contributed by atoms with Gasteiger partial charge < -0.3 is 19.0 Å². The van der Waals surface area contributed by atoms with Crippen LogP contribution in [0.1, 0.15) is 16.1 Å². The molecule has 2 aliphatic heterocycles. The molecule has 2 saturated heterocycles. The van der Waals surface area contributed by atoms with Crippen molar-refractivity contribution in [3.05, 3.63) is 54.0 Å². The van der Waals surface area contributed by atoms with Crippen LogP contribution in [0.3, 0.4) is 0 Å². The van der Waals surface area contributed by atoms with Crippen molar-refractivity contribution >= 4 is 22.0 Å². The van der Waals surface area contributed by atoms with Gasteiger partial charge in [-0.25, -0.2) is 17.5 Å². The number of benzene rings is 1. The zero-order valence-corrected chi connectivity index (χ0v) is 20.1. The van der Waals surface area contributed by atoms with Crippen molar-refractivity contribution in [2.45, 2.75) is 11.8 Å². The van der Waals surface area contributed by atoms with Gasteiger partial charge in [0, 0.05) is 45.8 Å². The van der Waals surface area contributed by atoms with Crippen LogP contribution in [0.25, 0.3) is 0 Å². The largest absolute Gasteiger partial charge is 0.459 e. The van der Waals surface area contributed by atoms with Crippen molar-refractivity contribution in [1.29, 1.82) is 0 Å². The summed E-state index contributed by atoms with van der Waals surface area (Å²) in [7, 11) is -4.04. The second-order valence-corrected chi connectivity index (χ2v) is 10.2. The Kier molecular flexibility index (Phi) is 7.54. The molecule has 184 valence electrons. The van der Waals surface area contributed by atoms with Gasteiger partial charge in [-0.15, -0.1) is 0 Å². The van der Waals surface area contributed by atoms with E-state index in [0.29, 0.717) is 45.9 Å². The van der Waals surface area contributed by atoms with Gasteiger partial charge in [-0.3, -0.25) is 9.69 Å². The number of urea groups is 1. The van der Waals surface area contributed by atoms with Gasteiger partial charge >= 0.3 is 6.03 Å². The van der Waals surface area contributed by atoms with E-state index in [1.165, 1.54) is 23.3 Å². The average molecular weight is 491 g/mol. The van der Waals surface area contributed by atoms with Crippen molar-refractivity contribution in [3.63, 3.8) is 0 Å². The molecular formula is C23H30N4O6S. The van der Waals surface area contributed by atoms with Gasteiger partial charge in [-0.2, -0.15) is 0 Å². The van der Waals surface area contributed by atoms with Crippen LogP contribution in [-0.2, 0) is 14.8 Å². The highest BCUT2D eigenvalue weighted by atomic mass is 32.2. The molecule has 2 aromatic rings. The van der Waals surface area contributed by atoms with Crippen LogP contribution in [0.15, 0.2) is 52.0 Å². The second kappa shape index (κ2) is 10.6. The van der Waals surface area contributed by atoms with Crippen molar-refractivity contribution in [2.75, 3.05) is 65.6 Å². The van der Waals surface area contributed by atoms with Crippen LogP contribution in [0.5, 0.6) is 0 Å². The summed E-state index contributed by atoms with van der Waals surface area (Å²) >= 11 is 0. The van der Waals surface area contributed by atoms with Crippen molar-refractivity contribution in [1.82, 2.24) is 19.0 Å². The smallest absolute Gasteiger partial charge is 0.334 e. The number of amides is 3. The number of aryl methyl sites for hydroxylation is 1. The number of carbonyl (C=O) groups excluding carboxylic acids is 2. The first kappa shape index (κ1) is 24.2. The second-order valence-electron chi connectivity index (χ2n) is 8.38. The molecule has 0 aliphatic carbocycles. The van der Waals surface area contributed by atoms with E-state index in [1.807, 2.05) is 6.92 Å². The highest BCUT2D eigenvalue weighted by molar-refractivity contribution is 7.89. The number of morpholine rings is 1. The van der Waals surface area contributed by atoms with E-state index in [2.05, 4.69) is 4.90 Å². The zero-order valence-electron chi connectivity index (χ0n) is 19.3. The molecule has 3 amide bonds. The Hall–Kier alpha value is -2.89. The van der Waals surface area contributed by atoms with Gasteiger partial charge in [0.05, 0.1) is 30.9 Å². The molecule has 34 heavy (non-hydrogen) atoms. The van der Waals surface area contributed by atoms with Crippen LogP contribution in [0.4, 0.5) is 4.79 Å². The van der Waals surface area contributed by atoms with Crippen LogP contribution in [0.2, 0.25) is 0 Å². The number of carbonyl (C=O) groups is 2. The number of hydrogen-bond donors (Lipinski definition) is 0. The Bertz CT molecular complexity index is 1070. The monoisotopic (exact) mass is 490 g/mol. The first-order valence-electron chi connectivity index (χ1n) is 11.4. The molecule has 0 spiro atoms. The normalized spacial score (nSPS) is 17.6. The van der Waals surface area contributed by atoms with E-state index < -0.39 is 16.1 Å². The van der Waals surface area contributed by atoms with Crippen LogP contribution in [0, 0.1) is 6.92 Å². The van der Waals surface area contributed by atoms with E-state index >= 15 is 0 Å². The molecule has 0 radical (unpaired) electrons. The highest BCUT2D eigenvalue weighted by Gasteiger charge is 2.35. The first-order chi connectivity index (χ1) is 16.4. The SMILES string of the molecule is Cc1ccc(S(=O)(=O)N(CCN2CCOCC2)C(=O)N2CCN(C(=O)c3ccco3)CC2)cc1. The first-order valence-corrected chi connectivity index (χ1v) is 12.8. The Morgan fingerprint density at radius 3 is 2.21 bits per heavy atom. The van der Waals surface area contributed by atoms with Gasteiger partial charge in [-0.05, 0) is 31.2 Å². The number of piperazine rings is 1. The van der Waals surface area contributed by atoms with Gasteiger partial charge in [0.15, 0.2) is 5.76 Å². The molecule has 2 aliphatic rings. The molecule has 0 atom stereocenters. The minimum Gasteiger partial charge on any atom is -0.459 e. The third kappa shape index (κ3) is 5.43. The van der Waals surface area contributed by atoms with Crippen molar-refractivity contribution in [3.8, 4) is 0 Å². The van der Waals surface area contributed by atoms with Crippen LogP contribution >= 0.6 is 0 Å². The van der Waals surface area contributed by atoms with Gasteiger partial charge in [-0.1, -0.05) is 17.7 Å². The molecule has 11 heteroatoms. The van der Waals surface area contributed by atoms with E-state index in [-0.39, 0.29) is 36.2 Å². The van der Waals surface area contributed by atoms with E-state index in [9.17, 15) is 18.0 Å². The number of nitrogens with zero attached hydrogens (tertiary/aromatic N) is 4. The Labute approximate surface area is 199 Å². The van der Waals surface area contributed by atoms with Crippen LogP contribution < -0.4 is 0 Å².